The summed E-state index contributed by atoms with van der Waals surface area (Å²) in [7, 11) is 0. The van der Waals surface area contributed by atoms with Crippen molar-refractivity contribution in [2.45, 2.75) is 83.3 Å². The summed E-state index contributed by atoms with van der Waals surface area (Å²) in [5, 5.41) is 16.4. The number of rotatable bonds is 9. The quantitative estimate of drug-likeness (QED) is 0.192. The number of fused-ring (bicyclic) bond motifs is 1. The first-order chi connectivity index (χ1) is 27.0. The van der Waals surface area contributed by atoms with Crippen LogP contribution in [0.1, 0.15) is 77.0 Å². The monoisotopic (exact) mass is 755 g/mol. The second kappa shape index (κ2) is 13.9. The molecule has 56 heavy (non-hydrogen) atoms. The Morgan fingerprint density at radius 2 is 1.75 bits per heavy atom. The summed E-state index contributed by atoms with van der Waals surface area (Å²) in [6.07, 6.45) is 4.34. The molecule has 1 atom stereocenters. The van der Waals surface area contributed by atoms with Crippen molar-refractivity contribution in [1.29, 1.82) is 5.26 Å². The maximum Gasteiger partial charge on any atom is 0.255 e. The first-order valence-electron chi connectivity index (χ1n) is 19.8. The molecular weight excluding hydrogens is 710 g/mol. The van der Waals surface area contributed by atoms with Gasteiger partial charge in [-0.25, -0.2) is 4.39 Å². The number of hydrogen-bond donors (Lipinski definition) is 1. The van der Waals surface area contributed by atoms with Gasteiger partial charge in [0.2, 0.25) is 11.8 Å². The average Bonchev–Trinajstić information content (AvgIpc) is 3.82. The van der Waals surface area contributed by atoms with Gasteiger partial charge in [-0.2, -0.15) is 5.26 Å². The fourth-order valence-corrected chi connectivity index (χ4v) is 9.30. The summed E-state index contributed by atoms with van der Waals surface area (Å²) in [5.74, 6) is -0.214. The van der Waals surface area contributed by atoms with Crippen LogP contribution in [0.15, 0.2) is 59.1 Å². The van der Waals surface area contributed by atoms with E-state index in [1.54, 1.807) is 6.07 Å². The summed E-state index contributed by atoms with van der Waals surface area (Å²) in [4.78, 5) is 46.0. The highest BCUT2D eigenvalue weighted by atomic mass is 19.1. The smallest absolute Gasteiger partial charge is 0.255 e. The molecule has 1 N–H and O–H groups in total. The van der Waals surface area contributed by atoms with E-state index in [-0.39, 0.29) is 42.4 Å². The van der Waals surface area contributed by atoms with Crippen LogP contribution < -0.4 is 15.1 Å². The lowest BCUT2D eigenvalue weighted by Gasteiger charge is -2.49. The molecule has 1 aromatic heterocycles. The zero-order valence-electron chi connectivity index (χ0n) is 32.1. The van der Waals surface area contributed by atoms with Gasteiger partial charge in [0, 0.05) is 61.1 Å². The molecule has 0 spiro atoms. The predicted octanol–water partition coefficient (Wildman–Crippen LogP) is 6.46. The van der Waals surface area contributed by atoms with E-state index in [2.05, 4.69) is 75.7 Å². The number of nitriles is 1. The van der Waals surface area contributed by atoms with Gasteiger partial charge in [0.05, 0.1) is 22.9 Å². The van der Waals surface area contributed by atoms with Crippen LogP contribution in [0.25, 0.3) is 11.1 Å². The first kappa shape index (κ1) is 36.1. The molecule has 11 nitrogen and oxygen atoms in total. The number of aryl methyl sites for hydroxylation is 3. The van der Waals surface area contributed by atoms with Crippen LogP contribution in [0.4, 0.5) is 21.5 Å². The van der Waals surface area contributed by atoms with Gasteiger partial charge in [-0.15, -0.1) is 0 Å². The van der Waals surface area contributed by atoms with Gasteiger partial charge in [-0.05, 0) is 124 Å². The molecule has 1 unspecified atom stereocenters. The van der Waals surface area contributed by atoms with Crippen LogP contribution in [0.3, 0.4) is 0 Å². The third-order valence-corrected chi connectivity index (χ3v) is 12.9. The van der Waals surface area contributed by atoms with Gasteiger partial charge >= 0.3 is 0 Å². The minimum absolute atomic E-state index is 0.159. The van der Waals surface area contributed by atoms with Crippen molar-refractivity contribution in [3.8, 4) is 17.2 Å². The van der Waals surface area contributed by atoms with Crippen molar-refractivity contribution < 1.29 is 23.3 Å². The molecule has 4 aliphatic heterocycles. The number of anilines is 3. The number of halogens is 1. The maximum absolute atomic E-state index is 15.5. The van der Waals surface area contributed by atoms with Crippen LogP contribution >= 0.6 is 0 Å². The number of aromatic nitrogens is 1. The van der Waals surface area contributed by atoms with Crippen LogP contribution in [-0.4, -0.2) is 77.5 Å². The highest BCUT2D eigenvalue weighted by molar-refractivity contribution is 6.05. The fraction of sp³-hybridized carbons (Fsp3) is 0.432. The minimum Gasteiger partial charge on any atom is -0.366 e. The van der Waals surface area contributed by atoms with E-state index in [1.807, 2.05) is 18.7 Å². The predicted molar refractivity (Wildman–Crippen MR) is 209 cm³/mol. The molecule has 0 radical (unpaired) electrons. The Bertz CT molecular complexity index is 2260. The minimum atomic E-state index is -0.727. The lowest BCUT2D eigenvalue weighted by molar-refractivity contribution is -0.136. The number of piperidine rings is 2. The standard InChI is InChI=1S/C44H46FN7O4/c1-26-4-5-30(41-27(2)48-56-28(41)3)19-38(26)51(33-8-6-32(7-9-33)44(25-46)14-15-44)21-29-12-16-49(17-13-29)34-23-50(24-34)39-20-35-31(18-36(39)45)22-52(43(35)55)37-10-11-40(53)47-42(37)54/h4-9,18-20,29,34,37H,10-17,21-24H2,1-3H3,(H,47,53,54). The molecule has 9 rings (SSSR count). The summed E-state index contributed by atoms with van der Waals surface area (Å²) in [5.41, 5.74) is 8.57. The van der Waals surface area contributed by atoms with Gasteiger partial charge in [0.1, 0.15) is 17.6 Å². The second-order valence-electron chi connectivity index (χ2n) is 16.5. The number of carbonyl (C=O) groups excluding carboxylic acids is 3. The molecule has 3 saturated heterocycles. The highest BCUT2D eigenvalue weighted by Crippen LogP contribution is 2.48. The topological polar surface area (TPSA) is 126 Å². The fourth-order valence-electron chi connectivity index (χ4n) is 9.30. The number of benzene rings is 3. The van der Waals surface area contributed by atoms with Gasteiger partial charge in [0.15, 0.2) is 0 Å². The molecule has 5 heterocycles. The number of carbonyl (C=O) groups is 3. The number of nitrogens with zero attached hydrogens (tertiary/aromatic N) is 6. The first-order valence-corrected chi connectivity index (χ1v) is 19.8. The van der Waals surface area contributed by atoms with Crippen molar-refractivity contribution in [2.75, 3.05) is 42.5 Å². The number of imide groups is 1. The molecule has 4 fully saturated rings. The summed E-state index contributed by atoms with van der Waals surface area (Å²) >= 11 is 0. The van der Waals surface area contributed by atoms with Crippen LogP contribution in [-0.2, 0) is 21.5 Å². The molecular formula is C44H46FN7O4. The Morgan fingerprint density at radius 3 is 2.41 bits per heavy atom. The van der Waals surface area contributed by atoms with E-state index in [4.69, 9.17) is 4.52 Å². The number of amides is 3. The molecule has 0 bridgehead atoms. The van der Waals surface area contributed by atoms with Gasteiger partial charge in [0.25, 0.3) is 5.91 Å². The molecule has 3 amide bonds. The second-order valence-corrected chi connectivity index (χ2v) is 16.5. The van der Waals surface area contributed by atoms with Crippen molar-refractivity contribution in [1.82, 2.24) is 20.3 Å². The van der Waals surface area contributed by atoms with E-state index in [0.717, 1.165) is 84.8 Å². The Labute approximate surface area is 326 Å². The summed E-state index contributed by atoms with van der Waals surface area (Å²) < 4.78 is 21.0. The third-order valence-electron chi connectivity index (χ3n) is 12.9. The number of likely N-dealkylation sites (tertiary alicyclic amines) is 1. The Balaban J connectivity index is 0.872. The van der Waals surface area contributed by atoms with Crippen LogP contribution in [0, 0.1) is 43.8 Å². The van der Waals surface area contributed by atoms with Gasteiger partial charge < -0.3 is 19.2 Å². The number of hydrogen-bond acceptors (Lipinski definition) is 9. The van der Waals surface area contributed by atoms with Crippen molar-refractivity contribution in [3.63, 3.8) is 0 Å². The molecule has 1 aliphatic carbocycles. The SMILES string of the molecule is Cc1ccc(-c2c(C)noc2C)cc1N(CC1CCN(C2CN(c3cc4c(cc3F)CN(C3CCC(=O)NC3=O)C4=O)C2)CC1)c1ccc(C2(C#N)CC2)cc1. The zero-order valence-corrected chi connectivity index (χ0v) is 32.1. The van der Waals surface area contributed by atoms with E-state index in [0.29, 0.717) is 41.9 Å². The van der Waals surface area contributed by atoms with E-state index >= 15 is 4.39 Å². The lowest BCUT2D eigenvalue weighted by atomic mass is 9.92. The highest BCUT2D eigenvalue weighted by Gasteiger charge is 2.45. The third kappa shape index (κ3) is 6.32. The average molecular weight is 756 g/mol. The van der Waals surface area contributed by atoms with Gasteiger partial charge in [-0.1, -0.05) is 29.4 Å². The Hall–Kier alpha value is -5.54. The molecule has 1 saturated carbocycles. The molecule has 288 valence electrons. The number of nitrogens with one attached hydrogen (secondary N) is 1. The largest absolute Gasteiger partial charge is 0.366 e. The van der Waals surface area contributed by atoms with Crippen LogP contribution in [0.2, 0.25) is 0 Å². The van der Waals surface area contributed by atoms with E-state index < -0.39 is 11.9 Å². The van der Waals surface area contributed by atoms with Crippen molar-refractivity contribution in [2.24, 2.45) is 5.92 Å². The Morgan fingerprint density at radius 1 is 1.00 bits per heavy atom. The molecule has 3 aromatic carbocycles. The summed E-state index contributed by atoms with van der Waals surface area (Å²) in [6, 6.07) is 20.4. The molecule has 12 heteroatoms. The van der Waals surface area contributed by atoms with Crippen molar-refractivity contribution in [3.05, 3.63) is 94.1 Å². The van der Waals surface area contributed by atoms with Gasteiger partial charge in [-0.3, -0.25) is 24.6 Å². The summed E-state index contributed by atoms with van der Waals surface area (Å²) in [6.45, 7) is 10.4. The molecule has 5 aliphatic rings. The van der Waals surface area contributed by atoms with Crippen LogP contribution in [0.5, 0.6) is 0 Å². The van der Waals surface area contributed by atoms with E-state index in [9.17, 15) is 19.6 Å². The van der Waals surface area contributed by atoms with E-state index in [1.165, 1.54) is 16.5 Å². The molecule has 4 aromatic rings. The zero-order chi connectivity index (χ0) is 38.9. The van der Waals surface area contributed by atoms with Crippen molar-refractivity contribution >= 4 is 34.8 Å². The Kier molecular flexibility index (Phi) is 8.96. The lowest BCUT2D eigenvalue weighted by Crippen LogP contribution is -2.61. The normalized spacial score (nSPS) is 21.1. The maximum atomic E-state index is 15.5.